The second kappa shape index (κ2) is 5.66. The Morgan fingerprint density at radius 2 is 2.05 bits per heavy atom. The van der Waals surface area contributed by atoms with Gasteiger partial charge in [-0.3, -0.25) is 0 Å². The number of hydrogen-bond acceptors (Lipinski definition) is 3. The lowest BCUT2D eigenvalue weighted by Gasteiger charge is -2.26. The summed E-state index contributed by atoms with van der Waals surface area (Å²) in [6, 6.07) is 3.61. The molecule has 19 heavy (non-hydrogen) atoms. The second-order valence-corrected chi connectivity index (χ2v) is 5.18. The van der Waals surface area contributed by atoms with Gasteiger partial charge >= 0.3 is 6.09 Å². The summed E-state index contributed by atoms with van der Waals surface area (Å²) >= 11 is 0. The maximum Gasteiger partial charge on any atom is 0.404 e. The van der Waals surface area contributed by atoms with E-state index in [4.69, 9.17) is 21.6 Å². The molecule has 0 heterocycles. The Bertz CT molecular complexity index is 521. The molecule has 0 saturated carbocycles. The monoisotopic (exact) mass is 261 g/mol. The number of benzene rings is 1. The van der Waals surface area contributed by atoms with E-state index in [0.29, 0.717) is 11.3 Å². The Morgan fingerprint density at radius 1 is 1.42 bits per heavy atom. The van der Waals surface area contributed by atoms with Crippen LogP contribution in [-0.4, -0.2) is 13.2 Å². The van der Waals surface area contributed by atoms with Crippen LogP contribution in [0.1, 0.15) is 37.5 Å². The van der Waals surface area contributed by atoms with Crippen LogP contribution in [0.3, 0.4) is 0 Å². The molecular formula is C15H19NO3. The van der Waals surface area contributed by atoms with E-state index in [0.717, 1.165) is 11.1 Å². The normalized spacial score (nSPS) is 10.7. The van der Waals surface area contributed by atoms with Gasteiger partial charge in [0.25, 0.3) is 0 Å². The highest BCUT2D eigenvalue weighted by molar-refractivity contribution is 5.65. The fourth-order valence-corrected chi connectivity index (χ4v) is 2.04. The molecule has 2 N–H and O–H groups in total. The lowest BCUT2D eigenvalue weighted by Crippen LogP contribution is -2.19. The molecular weight excluding hydrogens is 242 g/mol. The van der Waals surface area contributed by atoms with E-state index in [2.05, 4.69) is 5.92 Å². The third-order valence-electron chi connectivity index (χ3n) is 2.72. The van der Waals surface area contributed by atoms with Gasteiger partial charge in [0.05, 0.1) is 12.7 Å². The highest BCUT2D eigenvalue weighted by Gasteiger charge is 2.25. The number of primary amides is 1. The van der Waals surface area contributed by atoms with Crippen LogP contribution < -0.4 is 10.5 Å². The Kier molecular flexibility index (Phi) is 4.44. The minimum atomic E-state index is -0.806. The predicted molar refractivity (Wildman–Crippen MR) is 74.0 cm³/mol. The molecule has 4 heteroatoms. The standard InChI is InChI=1S/C15H19NO3/c1-6-10-7-8-11(9-19-14(16)17)12(13(10)18-5)15(2,3)4/h1,7-8H,9H2,2-5H3,(H2,16,17). The summed E-state index contributed by atoms with van der Waals surface area (Å²) in [5.74, 6) is 3.23. The maximum absolute atomic E-state index is 10.7. The summed E-state index contributed by atoms with van der Waals surface area (Å²) in [5.41, 5.74) is 7.24. The van der Waals surface area contributed by atoms with Crippen molar-refractivity contribution in [2.45, 2.75) is 32.8 Å². The van der Waals surface area contributed by atoms with Crippen molar-refractivity contribution in [1.29, 1.82) is 0 Å². The molecule has 4 nitrogen and oxygen atoms in total. The zero-order valence-electron chi connectivity index (χ0n) is 11.7. The maximum atomic E-state index is 10.7. The highest BCUT2D eigenvalue weighted by atomic mass is 16.5. The molecule has 1 amide bonds. The number of methoxy groups -OCH3 is 1. The van der Waals surface area contributed by atoms with Crippen molar-refractivity contribution in [3.8, 4) is 18.1 Å². The van der Waals surface area contributed by atoms with Crippen LogP contribution in [0.4, 0.5) is 4.79 Å². The van der Waals surface area contributed by atoms with E-state index >= 15 is 0 Å². The molecule has 0 aliphatic rings. The molecule has 102 valence electrons. The molecule has 1 aromatic carbocycles. The molecule has 1 aromatic rings. The van der Waals surface area contributed by atoms with Gasteiger partial charge in [-0.15, -0.1) is 6.42 Å². The van der Waals surface area contributed by atoms with Crippen LogP contribution in [0.15, 0.2) is 12.1 Å². The Morgan fingerprint density at radius 3 is 2.47 bits per heavy atom. The number of ether oxygens (including phenoxy) is 2. The minimum Gasteiger partial charge on any atom is -0.495 e. The van der Waals surface area contributed by atoms with Crippen molar-refractivity contribution in [2.75, 3.05) is 7.11 Å². The lowest BCUT2D eigenvalue weighted by molar-refractivity contribution is 0.149. The van der Waals surface area contributed by atoms with E-state index in [1.807, 2.05) is 26.8 Å². The molecule has 1 rings (SSSR count). The first-order valence-electron chi connectivity index (χ1n) is 5.90. The van der Waals surface area contributed by atoms with Crippen molar-refractivity contribution in [3.63, 3.8) is 0 Å². The molecule has 0 aliphatic heterocycles. The van der Waals surface area contributed by atoms with Crippen molar-refractivity contribution in [3.05, 3.63) is 28.8 Å². The SMILES string of the molecule is C#Cc1ccc(COC(N)=O)c(C(C)(C)C)c1OC. The van der Waals surface area contributed by atoms with Crippen molar-refractivity contribution >= 4 is 6.09 Å². The number of amides is 1. The van der Waals surface area contributed by atoms with E-state index in [-0.39, 0.29) is 12.0 Å². The van der Waals surface area contributed by atoms with Crippen molar-refractivity contribution in [2.24, 2.45) is 5.73 Å². The van der Waals surface area contributed by atoms with Gasteiger partial charge in [-0.25, -0.2) is 4.79 Å². The largest absolute Gasteiger partial charge is 0.495 e. The molecule has 0 aliphatic carbocycles. The number of hydrogen-bond donors (Lipinski definition) is 1. The van der Waals surface area contributed by atoms with Gasteiger partial charge in [-0.1, -0.05) is 32.8 Å². The summed E-state index contributed by atoms with van der Waals surface area (Å²) in [6.07, 6.45) is 4.67. The van der Waals surface area contributed by atoms with Crippen LogP contribution in [0.2, 0.25) is 0 Å². The first-order valence-corrected chi connectivity index (χ1v) is 5.90. The third kappa shape index (κ3) is 3.41. The Labute approximate surface area is 113 Å². The van der Waals surface area contributed by atoms with Crippen LogP contribution in [0, 0.1) is 12.3 Å². The van der Waals surface area contributed by atoms with Gasteiger partial charge < -0.3 is 15.2 Å². The van der Waals surface area contributed by atoms with E-state index < -0.39 is 6.09 Å². The average molecular weight is 261 g/mol. The van der Waals surface area contributed by atoms with Crippen molar-refractivity contribution in [1.82, 2.24) is 0 Å². The number of terminal acetylenes is 1. The third-order valence-corrected chi connectivity index (χ3v) is 2.72. The van der Waals surface area contributed by atoms with Crippen molar-refractivity contribution < 1.29 is 14.3 Å². The number of carbonyl (C=O) groups excluding carboxylic acids is 1. The van der Waals surface area contributed by atoms with E-state index in [9.17, 15) is 4.79 Å². The quantitative estimate of drug-likeness (QED) is 0.851. The molecule has 0 radical (unpaired) electrons. The summed E-state index contributed by atoms with van der Waals surface area (Å²) in [6.45, 7) is 6.22. The van der Waals surface area contributed by atoms with Crippen LogP contribution in [0.5, 0.6) is 5.75 Å². The molecule has 0 saturated heterocycles. The lowest BCUT2D eigenvalue weighted by atomic mass is 9.82. The molecule has 0 unspecified atom stereocenters. The molecule has 0 atom stereocenters. The van der Waals surface area contributed by atoms with Crippen LogP contribution >= 0.6 is 0 Å². The predicted octanol–water partition coefficient (Wildman–Crippen LogP) is 2.57. The fourth-order valence-electron chi connectivity index (χ4n) is 2.04. The fraction of sp³-hybridized carbons (Fsp3) is 0.400. The summed E-state index contributed by atoms with van der Waals surface area (Å²) in [7, 11) is 1.57. The first kappa shape index (κ1) is 14.9. The first-order chi connectivity index (χ1) is 8.81. The minimum absolute atomic E-state index is 0.100. The zero-order valence-corrected chi connectivity index (χ0v) is 11.7. The Hall–Kier alpha value is -2.15. The summed E-state index contributed by atoms with van der Waals surface area (Å²) < 4.78 is 10.3. The van der Waals surface area contributed by atoms with Gasteiger partial charge in [0.2, 0.25) is 0 Å². The molecule has 0 aromatic heterocycles. The van der Waals surface area contributed by atoms with Crippen LogP contribution in [-0.2, 0) is 16.8 Å². The number of nitrogens with two attached hydrogens (primary N) is 1. The zero-order chi connectivity index (χ0) is 14.6. The van der Waals surface area contributed by atoms with Gasteiger partial charge in [0.1, 0.15) is 12.4 Å². The van der Waals surface area contributed by atoms with E-state index in [1.54, 1.807) is 13.2 Å². The summed E-state index contributed by atoms with van der Waals surface area (Å²) in [5, 5.41) is 0. The van der Waals surface area contributed by atoms with Crippen LogP contribution in [0.25, 0.3) is 0 Å². The molecule has 0 spiro atoms. The van der Waals surface area contributed by atoms with Gasteiger partial charge in [-0.2, -0.15) is 0 Å². The number of carbonyl (C=O) groups is 1. The summed E-state index contributed by atoms with van der Waals surface area (Å²) in [4.78, 5) is 10.7. The number of rotatable bonds is 3. The smallest absolute Gasteiger partial charge is 0.404 e. The highest BCUT2D eigenvalue weighted by Crippen LogP contribution is 2.37. The second-order valence-electron chi connectivity index (χ2n) is 5.18. The molecule has 0 bridgehead atoms. The Balaban J connectivity index is 3.40. The van der Waals surface area contributed by atoms with Gasteiger partial charge in [-0.05, 0) is 17.0 Å². The van der Waals surface area contributed by atoms with E-state index in [1.165, 1.54) is 0 Å². The molecule has 0 fully saturated rings. The van der Waals surface area contributed by atoms with Gasteiger partial charge in [0.15, 0.2) is 0 Å². The topological polar surface area (TPSA) is 61.5 Å². The van der Waals surface area contributed by atoms with Gasteiger partial charge in [0, 0.05) is 5.56 Å². The average Bonchev–Trinajstić information content (AvgIpc) is 2.33.